The smallest absolute Gasteiger partial charge is 0.261 e. The number of hydrogen-bond donors (Lipinski definition) is 0. The molecule has 0 bridgehead atoms. The van der Waals surface area contributed by atoms with Crippen LogP contribution >= 0.6 is 0 Å². The van der Waals surface area contributed by atoms with Crippen LogP contribution < -0.4 is 10.4 Å². The van der Waals surface area contributed by atoms with Crippen molar-refractivity contribution in [2.75, 3.05) is 13.2 Å². The van der Waals surface area contributed by atoms with E-state index in [1.54, 1.807) is 0 Å². The first kappa shape index (κ1) is 23.0. The van der Waals surface area contributed by atoms with E-state index < -0.39 is 8.32 Å². The minimum Gasteiger partial charge on any atom is -0.407 e. The Morgan fingerprint density at radius 1 is 0.897 bits per heavy atom. The number of rotatable bonds is 11. The van der Waals surface area contributed by atoms with Crippen molar-refractivity contribution in [1.82, 2.24) is 0 Å². The Labute approximate surface area is 176 Å². The number of azide groups is 1. The minimum absolute atomic E-state index is 0.0146. The molecule has 0 radical (unpaired) electrons. The van der Waals surface area contributed by atoms with E-state index in [1.165, 1.54) is 10.4 Å². The number of nitrogens with zero attached hydrogens (tertiary/aromatic N) is 3. The highest BCUT2D eigenvalue weighted by Crippen LogP contribution is 2.36. The highest BCUT2D eigenvalue weighted by atomic mass is 28.4. The molecular formula is C24H33N3OSi. The molecular weight excluding hydrogens is 374 g/mol. The number of benzene rings is 2. The summed E-state index contributed by atoms with van der Waals surface area (Å²) in [4.78, 5) is 2.78. The van der Waals surface area contributed by atoms with E-state index >= 15 is 0 Å². The Hall–Kier alpha value is -2.33. The summed E-state index contributed by atoms with van der Waals surface area (Å²) in [6.45, 7) is 8.21. The number of allylic oxidation sites excluding steroid dienone is 1. The molecule has 0 spiro atoms. The molecule has 2 aromatic rings. The highest BCUT2D eigenvalue weighted by molar-refractivity contribution is 6.99. The first-order valence-corrected chi connectivity index (χ1v) is 12.3. The van der Waals surface area contributed by atoms with Crippen molar-refractivity contribution in [3.8, 4) is 0 Å². The Bertz CT molecular complexity index is 754. The van der Waals surface area contributed by atoms with Gasteiger partial charge in [0.15, 0.2) is 0 Å². The lowest BCUT2D eigenvalue weighted by Gasteiger charge is -2.43. The molecule has 0 saturated carbocycles. The monoisotopic (exact) mass is 407 g/mol. The second kappa shape index (κ2) is 11.6. The Morgan fingerprint density at radius 2 is 1.45 bits per heavy atom. The Kier molecular flexibility index (Phi) is 9.19. The average molecular weight is 408 g/mol. The summed E-state index contributed by atoms with van der Waals surface area (Å²) in [5, 5.41) is 6.22. The fraction of sp³-hybridized carbons (Fsp3) is 0.417. The molecule has 29 heavy (non-hydrogen) atoms. The summed E-state index contributed by atoms with van der Waals surface area (Å²) in [5.74, 6) is 0. The maximum absolute atomic E-state index is 8.29. The fourth-order valence-corrected chi connectivity index (χ4v) is 8.35. The van der Waals surface area contributed by atoms with E-state index in [4.69, 9.17) is 9.96 Å². The van der Waals surface area contributed by atoms with Crippen LogP contribution in [0.4, 0.5) is 0 Å². The van der Waals surface area contributed by atoms with Gasteiger partial charge in [-0.25, -0.2) is 0 Å². The van der Waals surface area contributed by atoms with Gasteiger partial charge in [-0.05, 0) is 46.6 Å². The zero-order chi connectivity index (χ0) is 21.0. The summed E-state index contributed by atoms with van der Waals surface area (Å²) >= 11 is 0. The molecule has 2 aromatic carbocycles. The van der Waals surface area contributed by atoms with Gasteiger partial charge in [0.2, 0.25) is 0 Å². The topological polar surface area (TPSA) is 58.0 Å². The van der Waals surface area contributed by atoms with Crippen LogP contribution in [0.2, 0.25) is 5.04 Å². The van der Waals surface area contributed by atoms with Gasteiger partial charge in [-0.15, -0.1) is 0 Å². The molecule has 0 atom stereocenters. The van der Waals surface area contributed by atoms with Crippen LogP contribution in [-0.2, 0) is 4.43 Å². The molecule has 0 amide bonds. The van der Waals surface area contributed by atoms with Crippen molar-refractivity contribution in [2.45, 2.75) is 51.5 Å². The lowest BCUT2D eigenvalue weighted by Crippen LogP contribution is -2.66. The van der Waals surface area contributed by atoms with Crippen molar-refractivity contribution >= 4 is 18.7 Å². The van der Waals surface area contributed by atoms with E-state index in [0.717, 1.165) is 25.7 Å². The molecule has 2 rings (SSSR count). The van der Waals surface area contributed by atoms with Gasteiger partial charge in [0.1, 0.15) is 0 Å². The van der Waals surface area contributed by atoms with Crippen LogP contribution in [-0.4, -0.2) is 21.5 Å². The van der Waals surface area contributed by atoms with Crippen LogP contribution in [0.5, 0.6) is 0 Å². The minimum atomic E-state index is -2.42. The van der Waals surface area contributed by atoms with Gasteiger partial charge < -0.3 is 4.43 Å². The van der Waals surface area contributed by atoms with Crippen LogP contribution in [0.1, 0.15) is 46.5 Å². The molecule has 0 unspecified atom stereocenters. The first-order valence-electron chi connectivity index (χ1n) is 10.4. The molecule has 154 valence electrons. The first-order chi connectivity index (χ1) is 14.0. The lowest BCUT2D eigenvalue weighted by molar-refractivity contribution is 0.304. The average Bonchev–Trinajstić information content (AvgIpc) is 2.72. The van der Waals surface area contributed by atoms with Crippen molar-refractivity contribution < 1.29 is 4.43 Å². The van der Waals surface area contributed by atoms with Crippen LogP contribution in [0.15, 0.2) is 77.9 Å². The maximum Gasteiger partial charge on any atom is 0.261 e. The number of unbranched alkanes of at least 4 members (excludes halogenated alkanes) is 2. The van der Waals surface area contributed by atoms with Crippen LogP contribution in [0.3, 0.4) is 0 Å². The van der Waals surface area contributed by atoms with Gasteiger partial charge in [-0.2, -0.15) is 0 Å². The van der Waals surface area contributed by atoms with Crippen molar-refractivity contribution in [3.63, 3.8) is 0 Å². The molecule has 0 aliphatic carbocycles. The van der Waals surface area contributed by atoms with Gasteiger partial charge >= 0.3 is 0 Å². The summed E-state index contributed by atoms with van der Waals surface area (Å²) in [5.41, 5.74) is 8.29. The van der Waals surface area contributed by atoms with E-state index in [-0.39, 0.29) is 5.04 Å². The maximum atomic E-state index is 8.29. The second-order valence-corrected chi connectivity index (χ2v) is 12.5. The third kappa shape index (κ3) is 6.33. The Morgan fingerprint density at radius 3 is 1.97 bits per heavy atom. The highest BCUT2D eigenvalue weighted by Gasteiger charge is 2.49. The van der Waals surface area contributed by atoms with Crippen molar-refractivity contribution in [1.29, 1.82) is 0 Å². The zero-order valence-corrected chi connectivity index (χ0v) is 18.9. The van der Waals surface area contributed by atoms with E-state index in [2.05, 4.69) is 104 Å². The SMILES string of the molecule is CC(C)(C)[Si](OCC/C=C\CCCCN=[N+]=[N-])(c1ccccc1)c1ccccc1. The molecule has 0 fully saturated rings. The lowest BCUT2D eigenvalue weighted by atomic mass is 10.2. The largest absolute Gasteiger partial charge is 0.407 e. The molecule has 0 saturated heterocycles. The van der Waals surface area contributed by atoms with Gasteiger partial charge in [0.25, 0.3) is 8.32 Å². The summed E-state index contributed by atoms with van der Waals surface area (Å²) in [6.07, 6.45) is 8.33. The van der Waals surface area contributed by atoms with Crippen molar-refractivity contribution in [2.24, 2.45) is 5.11 Å². The van der Waals surface area contributed by atoms with Crippen molar-refractivity contribution in [3.05, 3.63) is 83.3 Å². The molecule has 5 heteroatoms. The van der Waals surface area contributed by atoms with Gasteiger partial charge in [0, 0.05) is 18.1 Å². The number of hydrogen-bond acceptors (Lipinski definition) is 2. The van der Waals surface area contributed by atoms with Gasteiger partial charge in [0.05, 0.1) is 0 Å². The Balaban J connectivity index is 2.10. The molecule has 0 N–H and O–H groups in total. The summed E-state index contributed by atoms with van der Waals surface area (Å²) in [6, 6.07) is 21.5. The third-order valence-electron chi connectivity index (χ3n) is 5.13. The predicted octanol–water partition coefficient (Wildman–Crippen LogP) is 5.99. The van der Waals surface area contributed by atoms with Gasteiger partial charge in [-0.1, -0.05) is 98.7 Å². The van der Waals surface area contributed by atoms with Crippen LogP contribution in [0, 0.1) is 0 Å². The van der Waals surface area contributed by atoms with E-state index in [9.17, 15) is 0 Å². The zero-order valence-electron chi connectivity index (χ0n) is 17.9. The molecule has 0 aromatic heterocycles. The normalized spacial score (nSPS) is 12.1. The summed E-state index contributed by atoms with van der Waals surface area (Å²) in [7, 11) is -2.42. The molecule has 0 aliphatic heterocycles. The molecule has 0 heterocycles. The molecule has 4 nitrogen and oxygen atoms in total. The summed E-state index contributed by atoms with van der Waals surface area (Å²) < 4.78 is 6.86. The fourth-order valence-electron chi connectivity index (χ4n) is 3.77. The van der Waals surface area contributed by atoms with E-state index in [0.29, 0.717) is 13.2 Å². The predicted molar refractivity (Wildman–Crippen MR) is 125 cm³/mol. The quantitative estimate of drug-likeness (QED) is 0.113. The van der Waals surface area contributed by atoms with Gasteiger partial charge in [-0.3, -0.25) is 0 Å². The van der Waals surface area contributed by atoms with Crippen LogP contribution in [0.25, 0.3) is 10.4 Å². The second-order valence-electron chi connectivity index (χ2n) is 8.22. The molecule has 0 aliphatic rings. The third-order valence-corrected chi connectivity index (χ3v) is 10.2. The van der Waals surface area contributed by atoms with E-state index in [1.807, 2.05) is 0 Å². The standard InChI is InChI=1S/C24H33N3OSi/c1-24(2,3)29(22-16-10-8-11-17-22,23-18-12-9-13-19-23)28-21-15-7-5-4-6-14-20-26-27-25/h5,7-13,16-19H,4,6,14-15,20-21H2,1-3H3/b7-5-.